The standard InChI is InChI=1S/C14H20N2O/c1-5-16-12-10(17-14(16)8-9-14)6-7-11(15-12)13(2,3)4/h6-7H,5,8-9H2,1-4H3. The monoisotopic (exact) mass is 232 g/mol. The second-order valence-electron chi connectivity index (χ2n) is 6.06. The maximum atomic E-state index is 6.04. The number of pyridine rings is 1. The van der Waals surface area contributed by atoms with Crippen molar-refractivity contribution in [2.45, 2.75) is 51.7 Å². The van der Waals surface area contributed by atoms with Gasteiger partial charge >= 0.3 is 0 Å². The van der Waals surface area contributed by atoms with Gasteiger partial charge in [0.05, 0.1) is 0 Å². The summed E-state index contributed by atoms with van der Waals surface area (Å²) in [5, 5.41) is 0. The van der Waals surface area contributed by atoms with Crippen molar-refractivity contribution < 1.29 is 4.74 Å². The van der Waals surface area contributed by atoms with Gasteiger partial charge in [0.2, 0.25) is 0 Å². The summed E-state index contributed by atoms with van der Waals surface area (Å²) in [5.74, 6) is 2.00. The summed E-state index contributed by atoms with van der Waals surface area (Å²) in [6, 6.07) is 4.17. The van der Waals surface area contributed by atoms with E-state index in [-0.39, 0.29) is 11.1 Å². The van der Waals surface area contributed by atoms with Gasteiger partial charge in [-0.15, -0.1) is 0 Å². The van der Waals surface area contributed by atoms with Crippen molar-refractivity contribution in [1.82, 2.24) is 4.98 Å². The van der Waals surface area contributed by atoms with E-state index in [0.29, 0.717) is 0 Å². The lowest BCUT2D eigenvalue weighted by atomic mass is 9.91. The third-order valence-electron chi connectivity index (χ3n) is 3.65. The predicted molar refractivity (Wildman–Crippen MR) is 68.6 cm³/mol. The fourth-order valence-corrected chi connectivity index (χ4v) is 2.50. The van der Waals surface area contributed by atoms with Gasteiger partial charge in [0.15, 0.2) is 17.3 Å². The van der Waals surface area contributed by atoms with Crippen LogP contribution in [0, 0.1) is 0 Å². The highest BCUT2D eigenvalue weighted by molar-refractivity contribution is 5.61. The zero-order valence-corrected chi connectivity index (χ0v) is 11.1. The molecule has 0 N–H and O–H groups in total. The van der Waals surface area contributed by atoms with Crippen LogP contribution in [0.4, 0.5) is 5.82 Å². The Morgan fingerprint density at radius 1 is 1.35 bits per heavy atom. The Hall–Kier alpha value is -1.25. The van der Waals surface area contributed by atoms with Crippen LogP contribution in [0.2, 0.25) is 0 Å². The number of aromatic nitrogens is 1. The molecule has 1 aromatic heterocycles. The van der Waals surface area contributed by atoms with Crippen LogP contribution in [0.5, 0.6) is 5.75 Å². The molecule has 3 nitrogen and oxygen atoms in total. The average Bonchev–Trinajstić information content (AvgIpc) is 2.93. The summed E-state index contributed by atoms with van der Waals surface area (Å²) in [6.45, 7) is 9.72. The van der Waals surface area contributed by atoms with E-state index in [4.69, 9.17) is 9.72 Å². The molecule has 0 amide bonds. The van der Waals surface area contributed by atoms with Crippen molar-refractivity contribution in [1.29, 1.82) is 0 Å². The Labute approximate surface area is 103 Å². The average molecular weight is 232 g/mol. The van der Waals surface area contributed by atoms with E-state index in [1.54, 1.807) is 0 Å². The Bertz CT molecular complexity index is 458. The number of rotatable bonds is 1. The van der Waals surface area contributed by atoms with Gasteiger partial charge in [-0.25, -0.2) is 4.98 Å². The van der Waals surface area contributed by atoms with E-state index in [1.807, 2.05) is 0 Å². The number of anilines is 1. The Morgan fingerprint density at radius 3 is 2.59 bits per heavy atom. The molecule has 0 atom stereocenters. The van der Waals surface area contributed by atoms with E-state index in [2.05, 4.69) is 44.7 Å². The lowest BCUT2D eigenvalue weighted by molar-refractivity contribution is 0.202. The highest BCUT2D eigenvalue weighted by atomic mass is 16.5. The fourth-order valence-electron chi connectivity index (χ4n) is 2.50. The zero-order valence-electron chi connectivity index (χ0n) is 11.1. The van der Waals surface area contributed by atoms with E-state index < -0.39 is 0 Å². The van der Waals surface area contributed by atoms with Gasteiger partial charge in [0.25, 0.3) is 0 Å². The Kier molecular flexibility index (Phi) is 2.02. The van der Waals surface area contributed by atoms with Crippen molar-refractivity contribution in [3.05, 3.63) is 17.8 Å². The maximum absolute atomic E-state index is 6.04. The van der Waals surface area contributed by atoms with Crippen LogP contribution in [0.15, 0.2) is 12.1 Å². The van der Waals surface area contributed by atoms with Gasteiger partial charge in [-0.1, -0.05) is 20.8 Å². The van der Waals surface area contributed by atoms with Gasteiger partial charge in [0, 0.05) is 30.5 Å². The van der Waals surface area contributed by atoms with Crippen molar-refractivity contribution >= 4 is 5.82 Å². The maximum Gasteiger partial charge on any atom is 0.184 e. The SMILES string of the molecule is CCN1c2nc(C(C)(C)C)ccc2OC12CC2. The smallest absolute Gasteiger partial charge is 0.184 e. The fraction of sp³-hybridized carbons (Fsp3) is 0.643. The minimum atomic E-state index is -0.0411. The highest BCUT2D eigenvalue weighted by Gasteiger charge is 2.56. The Morgan fingerprint density at radius 2 is 2.06 bits per heavy atom. The molecule has 0 radical (unpaired) electrons. The molecule has 1 fully saturated rings. The molecule has 0 unspecified atom stereocenters. The van der Waals surface area contributed by atoms with Crippen molar-refractivity contribution in [3.63, 3.8) is 0 Å². The lowest BCUT2D eigenvalue weighted by Crippen LogP contribution is -2.37. The predicted octanol–water partition coefficient (Wildman–Crippen LogP) is 3.09. The molecule has 1 aromatic rings. The van der Waals surface area contributed by atoms with Crippen LogP contribution in [-0.4, -0.2) is 17.3 Å². The van der Waals surface area contributed by atoms with Crippen LogP contribution < -0.4 is 9.64 Å². The second kappa shape index (κ2) is 3.15. The zero-order chi connectivity index (χ0) is 12.3. The van der Waals surface area contributed by atoms with E-state index in [0.717, 1.165) is 36.6 Å². The summed E-state index contributed by atoms with van der Waals surface area (Å²) in [7, 11) is 0. The van der Waals surface area contributed by atoms with Crippen molar-refractivity contribution in [3.8, 4) is 5.75 Å². The van der Waals surface area contributed by atoms with Crippen molar-refractivity contribution in [2.24, 2.45) is 0 Å². The van der Waals surface area contributed by atoms with E-state index in [1.165, 1.54) is 0 Å². The molecule has 0 aromatic carbocycles. The molecule has 0 saturated heterocycles. The van der Waals surface area contributed by atoms with Crippen LogP contribution in [-0.2, 0) is 5.41 Å². The molecule has 17 heavy (non-hydrogen) atoms. The van der Waals surface area contributed by atoms with Gasteiger partial charge < -0.3 is 9.64 Å². The number of hydrogen-bond acceptors (Lipinski definition) is 3. The van der Waals surface area contributed by atoms with Gasteiger partial charge in [0.1, 0.15) is 0 Å². The van der Waals surface area contributed by atoms with Gasteiger partial charge in [-0.3, -0.25) is 0 Å². The summed E-state index contributed by atoms with van der Waals surface area (Å²) in [6.07, 6.45) is 2.25. The molecule has 1 saturated carbocycles. The van der Waals surface area contributed by atoms with Crippen molar-refractivity contribution in [2.75, 3.05) is 11.4 Å². The third kappa shape index (κ3) is 1.52. The highest BCUT2D eigenvalue weighted by Crippen LogP contribution is 2.53. The molecular formula is C14H20N2O. The number of nitrogens with zero attached hydrogens (tertiary/aromatic N) is 2. The third-order valence-corrected chi connectivity index (χ3v) is 3.65. The molecule has 1 aliphatic heterocycles. The largest absolute Gasteiger partial charge is 0.464 e. The molecule has 0 bridgehead atoms. The summed E-state index contributed by atoms with van der Waals surface area (Å²) in [5.41, 5.74) is 1.19. The normalized spacial score (nSPS) is 20.4. The minimum Gasteiger partial charge on any atom is -0.464 e. The van der Waals surface area contributed by atoms with Crippen LogP contribution in [0.1, 0.15) is 46.2 Å². The van der Waals surface area contributed by atoms with Crippen LogP contribution in [0.3, 0.4) is 0 Å². The number of fused-ring (bicyclic) bond motifs is 1. The lowest BCUT2D eigenvalue weighted by Gasteiger charge is -2.23. The minimum absolute atomic E-state index is 0.0411. The summed E-state index contributed by atoms with van der Waals surface area (Å²) < 4.78 is 6.04. The quantitative estimate of drug-likeness (QED) is 0.744. The molecule has 2 heterocycles. The Balaban J connectivity index is 2.05. The molecule has 2 aliphatic rings. The first-order valence-electron chi connectivity index (χ1n) is 6.44. The summed E-state index contributed by atoms with van der Waals surface area (Å²) >= 11 is 0. The van der Waals surface area contributed by atoms with Crippen LogP contribution in [0.25, 0.3) is 0 Å². The molecule has 3 rings (SSSR count). The van der Waals surface area contributed by atoms with E-state index >= 15 is 0 Å². The van der Waals surface area contributed by atoms with Crippen LogP contribution >= 0.6 is 0 Å². The molecule has 3 heteroatoms. The van der Waals surface area contributed by atoms with E-state index in [9.17, 15) is 0 Å². The molecule has 1 aliphatic carbocycles. The first-order chi connectivity index (χ1) is 7.96. The topological polar surface area (TPSA) is 25.4 Å². The van der Waals surface area contributed by atoms with Gasteiger partial charge in [-0.05, 0) is 19.1 Å². The number of ether oxygens (including phenoxy) is 1. The first kappa shape index (κ1) is 10.9. The van der Waals surface area contributed by atoms with Gasteiger partial charge in [-0.2, -0.15) is 0 Å². The first-order valence-corrected chi connectivity index (χ1v) is 6.44. The second-order valence-corrected chi connectivity index (χ2v) is 6.06. The molecular weight excluding hydrogens is 212 g/mol. The number of hydrogen-bond donors (Lipinski definition) is 0. The molecule has 1 spiro atoms. The molecule has 92 valence electrons. The summed E-state index contributed by atoms with van der Waals surface area (Å²) in [4.78, 5) is 7.13.